The molecule has 0 atom stereocenters. The maximum Gasteiger partial charge on any atom is 0.224 e. The summed E-state index contributed by atoms with van der Waals surface area (Å²) < 4.78 is 5.80. The monoisotopic (exact) mass is 360 g/mol. The zero-order valence-corrected chi connectivity index (χ0v) is 16.3. The van der Waals surface area contributed by atoms with Crippen LogP contribution in [0.3, 0.4) is 0 Å². The van der Waals surface area contributed by atoms with Crippen molar-refractivity contribution in [3.05, 3.63) is 23.8 Å². The van der Waals surface area contributed by atoms with Gasteiger partial charge in [0, 0.05) is 31.6 Å². The van der Waals surface area contributed by atoms with Gasteiger partial charge in [0.05, 0.1) is 6.61 Å². The highest BCUT2D eigenvalue weighted by atomic mass is 16.5. The van der Waals surface area contributed by atoms with Gasteiger partial charge in [-0.1, -0.05) is 26.7 Å². The minimum Gasteiger partial charge on any atom is -0.494 e. The van der Waals surface area contributed by atoms with Crippen LogP contribution in [0.4, 0.5) is 5.69 Å². The van der Waals surface area contributed by atoms with Gasteiger partial charge >= 0.3 is 0 Å². The standard InChI is InChI=1S/C21H32N2O3/c1-4-16(5-2)15-23(6-3)21(25)8-7-13-26-18-10-11-19-17(14-18)9-12-20(24)22-19/h10-11,14,16H,4-9,12-13,15H2,1-3H3,(H,22,24). The second kappa shape index (κ2) is 10.2. The predicted molar refractivity (Wildman–Crippen MR) is 104 cm³/mol. The van der Waals surface area contributed by atoms with Gasteiger partial charge in [-0.05, 0) is 49.4 Å². The Hall–Kier alpha value is -2.04. The minimum absolute atomic E-state index is 0.0681. The third-order valence-electron chi connectivity index (χ3n) is 5.14. The molecule has 1 N–H and O–H groups in total. The molecule has 0 fully saturated rings. The van der Waals surface area contributed by atoms with E-state index in [0.29, 0.717) is 31.8 Å². The normalized spacial score (nSPS) is 13.3. The smallest absolute Gasteiger partial charge is 0.224 e. The lowest BCUT2D eigenvalue weighted by Crippen LogP contribution is -2.35. The summed E-state index contributed by atoms with van der Waals surface area (Å²) in [5.74, 6) is 1.68. The molecule has 2 amide bonds. The first-order chi connectivity index (χ1) is 12.6. The molecule has 0 spiro atoms. The fourth-order valence-corrected chi connectivity index (χ4v) is 3.29. The number of amides is 2. The number of fused-ring (bicyclic) bond motifs is 1. The molecule has 5 heteroatoms. The summed E-state index contributed by atoms with van der Waals surface area (Å²) in [6, 6.07) is 5.75. The Morgan fingerprint density at radius 1 is 1.23 bits per heavy atom. The first kappa shape index (κ1) is 20.3. The lowest BCUT2D eigenvalue weighted by Gasteiger charge is -2.25. The Labute approximate surface area is 157 Å². The number of nitrogens with one attached hydrogen (secondary N) is 1. The van der Waals surface area contributed by atoms with Crippen molar-refractivity contribution in [2.24, 2.45) is 5.92 Å². The van der Waals surface area contributed by atoms with E-state index in [9.17, 15) is 9.59 Å². The zero-order chi connectivity index (χ0) is 18.9. The van der Waals surface area contributed by atoms with E-state index >= 15 is 0 Å². The van der Waals surface area contributed by atoms with E-state index in [4.69, 9.17) is 4.74 Å². The van der Waals surface area contributed by atoms with E-state index in [-0.39, 0.29) is 11.8 Å². The number of carbonyl (C=O) groups excluding carboxylic acids is 2. The molecular formula is C21H32N2O3. The first-order valence-corrected chi connectivity index (χ1v) is 9.90. The van der Waals surface area contributed by atoms with Crippen molar-refractivity contribution in [1.29, 1.82) is 0 Å². The summed E-state index contributed by atoms with van der Waals surface area (Å²) in [5.41, 5.74) is 1.99. The van der Waals surface area contributed by atoms with Gasteiger partial charge < -0.3 is 15.0 Å². The van der Waals surface area contributed by atoms with E-state index < -0.39 is 0 Å². The molecule has 5 nitrogen and oxygen atoms in total. The first-order valence-electron chi connectivity index (χ1n) is 9.90. The summed E-state index contributed by atoms with van der Waals surface area (Å²) in [4.78, 5) is 25.8. The van der Waals surface area contributed by atoms with Gasteiger partial charge in [-0.15, -0.1) is 0 Å². The van der Waals surface area contributed by atoms with Crippen molar-refractivity contribution in [3.63, 3.8) is 0 Å². The third kappa shape index (κ3) is 5.75. The zero-order valence-electron chi connectivity index (χ0n) is 16.3. The summed E-state index contributed by atoms with van der Waals surface area (Å²) in [6.07, 6.45) is 4.73. The summed E-state index contributed by atoms with van der Waals surface area (Å²) in [5, 5.41) is 2.87. The Balaban J connectivity index is 1.75. The van der Waals surface area contributed by atoms with Crippen LogP contribution in [0, 0.1) is 5.92 Å². The highest BCUT2D eigenvalue weighted by Crippen LogP contribution is 2.26. The van der Waals surface area contributed by atoms with Crippen LogP contribution >= 0.6 is 0 Å². The van der Waals surface area contributed by atoms with Crippen molar-refractivity contribution in [3.8, 4) is 5.75 Å². The molecule has 1 aromatic rings. The van der Waals surface area contributed by atoms with Crippen molar-refractivity contribution in [2.45, 2.75) is 59.3 Å². The van der Waals surface area contributed by atoms with Crippen molar-refractivity contribution in [2.75, 3.05) is 25.0 Å². The molecule has 0 bridgehead atoms. The van der Waals surface area contributed by atoms with Crippen LogP contribution in [0.15, 0.2) is 18.2 Å². The van der Waals surface area contributed by atoms with Gasteiger partial charge in [-0.2, -0.15) is 0 Å². The molecule has 1 heterocycles. The third-order valence-corrected chi connectivity index (χ3v) is 5.14. The number of anilines is 1. The van der Waals surface area contributed by atoms with Gasteiger partial charge in [-0.25, -0.2) is 0 Å². The number of benzene rings is 1. The molecule has 0 unspecified atom stereocenters. The largest absolute Gasteiger partial charge is 0.494 e. The summed E-state index contributed by atoms with van der Waals surface area (Å²) in [7, 11) is 0. The highest BCUT2D eigenvalue weighted by Gasteiger charge is 2.16. The predicted octanol–water partition coefficient (Wildman–Crippen LogP) is 4.02. The van der Waals surface area contributed by atoms with Crippen LogP contribution in [0.2, 0.25) is 0 Å². The maximum absolute atomic E-state index is 12.4. The van der Waals surface area contributed by atoms with Crippen LogP contribution in [-0.4, -0.2) is 36.4 Å². The molecule has 0 aliphatic carbocycles. The van der Waals surface area contributed by atoms with E-state index in [1.165, 1.54) is 0 Å². The van der Waals surface area contributed by atoms with Gasteiger partial charge in [0.2, 0.25) is 11.8 Å². The Kier molecular flexibility index (Phi) is 7.95. The maximum atomic E-state index is 12.4. The lowest BCUT2D eigenvalue weighted by molar-refractivity contribution is -0.132. The fraction of sp³-hybridized carbons (Fsp3) is 0.619. The van der Waals surface area contributed by atoms with Crippen LogP contribution in [0.1, 0.15) is 58.4 Å². The molecule has 0 saturated carbocycles. The topological polar surface area (TPSA) is 58.6 Å². The van der Waals surface area contributed by atoms with E-state index in [1.54, 1.807) is 0 Å². The number of aryl methyl sites for hydroxylation is 1. The number of rotatable bonds is 10. The SMILES string of the molecule is CCC(CC)CN(CC)C(=O)CCCOc1ccc2c(c1)CCC(=O)N2. The molecule has 26 heavy (non-hydrogen) atoms. The number of hydrogen-bond acceptors (Lipinski definition) is 3. The number of carbonyl (C=O) groups is 2. The summed E-state index contributed by atoms with van der Waals surface area (Å²) in [6.45, 7) is 8.57. The average molecular weight is 360 g/mol. The fourth-order valence-electron chi connectivity index (χ4n) is 3.29. The molecule has 0 aromatic heterocycles. The van der Waals surface area contributed by atoms with Crippen LogP contribution in [-0.2, 0) is 16.0 Å². The highest BCUT2D eigenvalue weighted by molar-refractivity contribution is 5.94. The minimum atomic E-state index is 0.0681. The van der Waals surface area contributed by atoms with E-state index in [1.807, 2.05) is 30.0 Å². The molecule has 1 aliphatic heterocycles. The van der Waals surface area contributed by atoms with Crippen LogP contribution in [0.25, 0.3) is 0 Å². The molecule has 0 saturated heterocycles. The van der Waals surface area contributed by atoms with E-state index in [2.05, 4.69) is 19.2 Å². The van der Waals surface area contributed by atoms with Crippen LogP contribution < -0.4 is 10.1 Å². The van der Waals surface area contributed by atoms with Crippen molar-refractivity contribution < 1.29 is 14.3 Å². The molecule has 144 valence electrons. The quantitative estimate of drug-likeness (QED) is 0.641. The van der Waals surface area contributed by atoms with Crippen molar-refractivity contribution in [1.82, 2.24) is 4.90 Å². The Morgan fingerprint density at radius 2 is 2.00 bits per heavy atom. The van der Waals surface area contributed by atoms with E-state index in [0.717, 1.165) is 49.4 Å². The summed E-state index contributed by atoms with van der Waals surface area (Å²) >= 11 is 0. The Bertz CT molecular complexity index is 611. The molecular weight excluding hydrogens is 328 g/mol. The average Bonchev–Trinajstić information content (AvgIpc) is 2.66. The van der Waals surface area contributed by atoms with Gasteiger partial charge in [-0.3, -0.25) is 9.59 Å². The van der Waals surface area contributed by atoms with Crippen LogP contribution in [0.5, 0.6) is 5.75 Å². The number of ether oxygens (including phenoxy) is 1. The van der Waals surface area contributed by atoms with Gasteiger partial charge in [0.25, 0.3) is 0 Å². The van der Waals surface area contributed by atoms with Gasteiger partial charge in [0.15, 0.2) is 0 Å². The van der Waals surface area contributed by atoms with Crippen molar-refractivity contribution >= 4 is 17.5 Å². The molecule has 1 aromatic carbocycles. The van der Waals surface area contributed by atoms with Gasteiger partial charge in [0.1, 0.15) is 5.75 Å². The Morgan fingerprint density at radius 3 is 2.69 bits per heavy atom. The number of nitrogens with zero attached hydrogens (tertiary/aromatic N) is 1. The second-order valence-electron chi connectivity index (χ2n) is 6.93. The molecule has 0 radical (unpaired) electrons. The molecule has 1 aliphatic rings. The number of hydrogen-bond donors (Lipinski definition) is 1. The lowest BCUT2D eigenvalue weighted by atomic mass is 10.0. The second-order valence-corrected chi connectivity index (χ2v) is 6.93. The molecule has 2 rings (SSSR count).